The van der Waals surface area contributed by atoms with E-state index in [4.69, 9.17) is 0 Å². The van der Waals surface area contributed by atoms with E-state index in [1.165, 1.54) is 77.6 Å². The zero-order chi connectivity index (χ0) is 25.7. The van der Waals surface area contributed by atoms with Crippen LogP contribution in [0.5, 0.6) is 0 Å². The van der Waals surface area contributed by atoms with Gasteiger partial charge in [-0.05, 0) is 83.6 Å². The minimum atomic E-state index is 0.314. The Morgan fingerprint density at radius 2 is 1.28 bits per heavy atom. The molecule has 2 atom stereocenters. The van der Waals surface area contributed by atoms with Gasteiger partial charge < -0.3 is 0 Å². The lowest BCUT2D eigenvalue weighted by atomic mass is 9.77. The van der Waals surface area contributed by atoms with Crippen LogP contribution in [0.15, 0.2) is 137 Å². The molecule has 0 bridgehead atoms. The summed E-state index contributed by atoms with van der Waals surface area (Å²) in [6.07, 6.45) is 14.0. The van der Waals surface area contributed by atoms with E-state index in [2.05, 4.69) is 143 Å². The van der Waals surface area contributed by atoms with Gasteiger partial charge in [0.1, 0.15) is 0 Å². The minimum Gasteiger partial charge on any atom is -0.0760 e. The van der Waals surface area contributed by atoms with Crippen LogP contribution in [0.25, 0.3) is 60.9 Å². The van der Waals surface area contributed by atoms with Crippen LogP contribution < -0.4 is 0 Å². The van der Waals surface area contributed by atoms with Crippen molar-refractivity contribution in [3.05, 3.63) is 149 Å². The molecule has 0 nitrogen and oxygen atoms in total. The van der Waals surface area contributed by atoms with Crippen molar-refractivity contribution in [3.63, 3.8) is 0 Å². The minimum absolute atomic E-state index is 0.314. The van der Waals surface area contributed by atoms with E-state index in [0.29, 0.717) is 11.8 Å². The summed E-state index contributed by atoms with van der Waals surface area (Å²) < 4.78 is 1.15. The quantitative estimate of drug-likeness (QED) is 0.198. The first-order chi connectivity index (χ1) is 19.3. The number of hydrogen-bond donors (Lipinski definition) is 0. The number of rotatable bonds is 2. The van der Waals surface area contributed by atoms with Crippen molar-refractivity contribution in [2.45, 2.75) is 5.92 Å². The first-order valence-corrected chi connectivity index (χ1v) is 14.4. The summed E-state index contributed by atoms with van der Waals surface area (Å²) in [6.45, 7) is 0. The topological polar surface area (TPSA) is 0 Å². The summed E-state index contributed by atoms with van der Waals surface area (Å²) in [5.41, 5.74) is 16.6. The molecule has 0 N–H and O–H groups in total. The third-order valence-corrected chi connectivity index (χ3v) is 9.73. The van der Waals surface area contributed by atoms with Gasteiger partial charge in [0.15, 0.2) is 0 Å². The van der Waals surface area contributed by atoms with Gasteiger partial charge in [-0.2, -0.15) is 0 Å². The van der Waals surface area contributed by atoms with Crippen molar-refractivity contribution in [3.8, 4) is 44.5 Å². The van der Waals surface area contributed by atoms with E-state index >= 15 is 0 Å². The standard InChI is InChI=1S/C38H23Br/c39-30-21-20-29-34-25(30)16-9-19-28(34)37-32(23-10-3-1-4-11-23)35-26-17-7-14-22-15-8-18-27(31(22)26)36(35)33(38(29)37)24-12-5-2-6-13-24/h1-21,27,31H. The molecule has 0 aliphatic heterocycles. The van der Waals surface area contributed by atoms with Crippen LogP contribution in [0.4, 0.5) is 0 Å². The van der Waals surface area contributed by atoms with Crippen LogP contribution in [0.2, 0.25) is 0 Å². The van der Waals surface area contributed by atoms with Gasteiger partial charge in [0.05, 0.1) is 0 Å². The number of halogens is 1. The molecule has 0 amide bonds. The molecule has 182 valence electrons. The fourth-order valence-corrected chi connectivity index (χ4v) is 8.10. The maximum atomic E-state index is 3.87. The molecular weight excluding hydrogens is 536 g/mol. The van der Waals surface area contributed by atoms with Crippen molar-refractivity contribution >= 4 is 32.3 Å². The molecule has 4 aliphatic carbocycles. The highest BCUT2D eigenvalue weighted by Crippen LogP contribution is 2.65. The molecule has 5 aromatic rings. The predicted molar refractivity (Wildman–Crippen MR) is 168 cm³/mol. The number of allylic oxidation sites excluding steroid dienone is 8. The van der Waals surface area contributed by atoms with E-state index < -0.39 is 0 Å². The van der Waals surface area contributed by atoms with E-state index in [0.717, 1.165) is 4.47 Å². The van der Waals surface area contributed by atoms with Crippen LogP contribution in [-0.4, -0.2) is 0 Å². The molecule has 9 rings (SSSR count). The monoisotopic (exact) mass is 558 g/mol. The highest BCUT2D eigenvalue weighted by atomic mass is 79.9. The number of hydrogen-bond acceptors (Lipinski definition) is 0. The van der Waals surface area contributed by atoms with Gasteiger partial charge >= 0.3 is 0 Å². The molecule has 4 aliphatic rings. The van der Waals surface area contributed by atoms with E-state index in [1.807, 2.05) is 0 Å². The Labute approximate surface area is 236 Å². The molecule has 0 saturated carbocycles. The van der Waals surface area contributed by atoms with E-state index in [-0.39, 0.29) is 0 Å². The molecule has 0 radical (unpaired) electrons. The molecule has 5 aromatic carbocycles. The molecular formula is C38H23Br. The summed E-state index contributed by atoms with van der Waals surface area (Å²) in [5.74, 6) is 0.677. The SMILES string of the molecule is Brc1ccc2c3c(cccc13)-c1c(-c3ccccc3)c3c(c(-c4ccccc4)c1-2)C1C=CC=C2C=CC=C3C21. The van der Waals surface area contributed by atoms with Crippen molar-refractivity contribution in [2.75, 3.05) is 0 Å². The van der Waals surface area contributed by atoms with Crippen molar-refractivity contribution < 1.29 is 0 Å². The summed E-state index contributed by atoms with van der Waals surface area (Å²) in [7, 11) is 0. The summed E-state index contributed by atoms with van der Waals surface area (Å²) >= 11 is 3.87. The third kappa shape index (κ3) is 2.78. The Morgan fingerprint density at radius 1 is 0.564 bits per heavy atom. The second-order valence-electron chi connectivity index (χ2n) is 10.9. The molecule has 39 heavy (non-hydrogen) atoms. The molecule has 0 saturated heterocycles. The van der Waals surface area contributed by atoms with Crippen molar-refractivity contribution in [1.29, 1.82) is 0 Å². The van der Waals surface area contributed by atoms with Crippen molar-refractivity contribution in [2.24, 2.45) is 5.92 Å². The normalized spacial score (nSPS) is 19.0. The van der Waals surface area contributed by atoms with Gasteiger partial charge in [0, 0.05) is 16.3 Å². The molecule has 0 fully saturated rings. The van der Waals surface area contributed by atoms with Crippen LogP contribution in [0.3, 0.4) is 0 Å². The Morgan fingerprint density at radius 3 is 2.08 bits per heavy atom. The molecule has 0 aromatic heterocycles. The van der Waals surface area contributed by atoms with Crippen LogP contribution in [0.1, 0.15) is 17.0 Å². The summed E-state index contributed by atoms with van der Waals surface area (Å²) in [5, 5.41) is 2.63. The number of benzene rings is 5. The average Bonchev–Trinajstić information content (AvgIpc) is 3.50. The van der Waals surface area contributed by atoms with Gasteiger partial charge in [-0.15, -0.1) is 0 Å². The lowest BCUT2D eigenvalue weighted by Crippen LogP contribution is -2.12. The van der Waals surface area contributed by atoms with E-state index in [1.54, 1.807) is 0 Å². The van der Waals surface area contributed by atoms with Crippen LogP contribution in [0, 0.1) is 5.92 Å². The van der Waals surface area contributed by atoms with Gasteiger partial charge in [-0.3, -0.25) is 0 Å². The number of fused-ring (bicyclic) bond motifs is 6. The molecule has 0 heterocycles. The summed E-state index contributed by atoms with van der Waals surface area (Å²) in [4.78, 5) is 0. The largest absolute Gasteiger partial charge is 0.0760 e. The fraction of sp³-hybridized carbons (Fsp3) is 0.0526. The molecule has 1 heteroatoms. The Balaban J connectivity index is 1.55. The predicted octanol–water partition coefficient (Wildman–Crippen LogP) is 10.7. The third-order valence-electron chi connectivity index (χ3n) is 9.04. The molecule has 2 unspecified atom stereocenters. The first-order valence-electron chi connectivity index (χ1n) is 13.6. The zero-order valence-electron chi connectivity index (χ0n) is 21.2. The second-order valence-corrected chi connectivity index (χ2v) is 11.7. The lowest BCUT2D eigenvalue weighted by Gasteiger charge is -2.26. The maximum absolute atomic E-state index is 3.87. The van der Waals surface area contributed by atoms with Gasteiger partial charge in [0.25, 0.3) is 0 Å². The van der Waals surface area contributed by atoms with Crippen molar-refractivity contribution in [1.82, 2.24) is 0 Å². The average molecular weight is 560 g/mol. The smallest absolute Gasteiger partial charge is 0.0254 e. The zero-order valence-corrected chi connectivity index (χ0v) is 22.7. The highest BCUT2D eigenvalue weighted by molar-refractivity contribution is 9.10. The van der Waals surface area contributed by atoms with Gasteiger partial charge in [0.2, 0.25) is 0 Å². The first kappa shape index (κ1) is 21.7. The van der Waals surface area contributed by atoms with Crippen LogP contribution in [-0.2, 0) is 0 Å². The Bertz CT molecular complexity index is 2000. The maximum Gasteiger partial charge on any atom is 0.0254 e. The van der Waals surface area contributed by atoms with Crippen LogP contribution >= 0.6 is 15.9 Å². The lowest BCUT2D eigenvalue weighted by molar-refractivity contribution is 0.723. The fourth-order valence-electron chi connectivity index (χ4n) is 7.64. The summed E-state index contributed by atoms with van der Waals surface area (Å²) in [6, 6.07) is 33.5. The molecule has 0 spiro atoms. The Hall–Kier alpha value is -4.20. The Kier molecular flexibility index (Phi) is 4.40. The second kappa shape index (κ2) is 7.91. The highest BCUT2D eigenvalue weighted by Gasteiger charge is 2.45. The van der Waals surface area contributed by atoms with Gasteiger partial charge in [-0.25, -0.2) is 0 Å². The van der Waals surface area contributed by atoms with E-state index in [9.17, 15) is 0 Å². The van der Waals surface area contributed by atoms with Gasteiger partial charge in [-0.1, -0.05) is 137 Å².